The number of carbonyl (C=O) groups is 1. The number of carbonyl (C=O) groups excluding carboxylic acids is 1. The topological polar surface area (TPSA) is 41.6 Å². The van der Waals surface area contributed by atoms with Crippen LogP contribution in [0.15, 0.2) is 0 Å². The van der Waals surface area contributed by atoms with Crippen LogP contribution in [0.5, 0.6) is 0 Å². The van der Waals surface area contributed by atoms with Crippen LogP contribution in [0, 0.1) is 0 Å². The van der Waals surface area contributed by atoms with Crippen LogP contribution >= 0.6 is 12.4 Å². The molecule has 96 valence electrons. The largest absolute Gasteiger partial charge is 0.369 e. The van der Waals surface area contributed by atoms with Gasteiger partial charge in [0.1, 0.15) is 6.10 Å². The van der Waals surface area contributed by atoms with E-state index in [-0.39, 0.29) is 24.4 Å². The van der Waals surface area contributed by atoms with Gasteiger partial charge in [0.15, 0.2) is 0 Å². The molecule has 0 aromatic carbocycles. The summed E-state index contributed by atoms with van der Waals surface area (Å²) in [7, 11) is 1.98. The van der Waals surface area contributed by atoms with Gasteiger partial charge in [-0.05, 0) is 33.7 Å². The molecule has 0 aromatic heterocycles. The molecule has 0 radical (unpaired) electrons. The van der Waals surface area contributed by atoms with Gasteiger partial charge >= 0.3 is 0 Å². The van der Waals surface area contributed by atoms with E-state index >= 15 is 0 Å². The zero-order valence-corrected chi connectivity index (χ0v) is 11.2. The summed E-state index contributed by atoms with van der Waals surface area (Å²) in [6.45, 7) is 6.04. The van der Waals surface area contributed by atoms with Gasteiger partial charge in [-0.25, -0.2) is 0 Å². The van der Waals surface area contributed by atoms with E-state index in [1.165, 1.54) is 0 Å². The fraction of sp³-hybridized carbons (Fsp3) is 0.909. The summed E-state index contributed by atoms with van der Waals surface area (Å²) in [5.74, 6) is 0.131. The molecule has 1 N–H and O–H groups in total. The van der Waals surface area contributed by atoms with E-state index in [4.69, 9.17) is 4.74 Å². The first-order chi connectivity index (χ1) is 7.19. The quantitative estimate of drug-likeness (QED) is 0.811. The number of hydrogen-bond donors (Lipinski definition) is 1. The molecule has 1 heterocycles. The molecular formula is C11H23ClN2O2. The highest BCUT2D eigenvalue weighted by atomic mass is 35.5. The molecule has 1 atom stereocenters. The molecule has 0 bridgehead atoms. The second kappa shape index (κ2) is 7.87. The molecule has 0 saturated carbocycles. The highest BCUT2D eigenvalue weighted by Gasteiger charge is 2.25. The lowest BCUT2D eigenvalue weighted by Gasteiger charge is -2.33. The van der Waals surface area contributed by atoms with E-state index in [9.17, 15) is 4.79 Å². The van der Waals surface area contributed by atoms with Crippen LogP contribution in [0.3, 0.4) is 0 Å². The number of likely N-dealkylation sites (tertiary alicyclic amines) is 1. The van der Waals surface area contributed by atoms with Gasteiger partial charge in [-0.15, -0.1) is 12.4 Å². The molecule has 1 aliphatic rings. The zero-order valence-electron chi connectivity index (χ0n) is 10.4. The van der Waals surface area contributed by atoms with Crippen LogP contribution in [0.4, 0.5) is 0 Å². The number of piperidine rings is 1. The summed E-state index contributed by atoms with van der Waals surface area (Å²) in [4.78, 5) is 13.8. The smallest absolute Gasteiger partial charge is 0.251 e. The minimum absolute atomic E-state index is 0. The van der Waals surface area contributed by atoms with Crippen LogP contribution in [0.25, 0.3) is 0 Å². The fourth-order valence-electron chi connectivity index (χ4n) is 1.97. The molecule has 0 aliphatic carbocycles. The van der Waals surface area contributed by atoms with Gasteiger partial charge in [-0.2, -0.15) is 0 Å². The van der Waals surface area contributed by atoms with Crippen molar-refractivity contribution in [1.29, 1.82) is 0 Å². The summed E-state index contributed by atoms with van der Waals surface area (Å²) in [5.41, 5.74) is 0. The summed E-state index contributed by atoms with van der Waals surface area (Å²) in [6.07, 6.45) is 1.79. The highest BCUT2D eigenvalue weighted by molar-refractivity contribution is 5.85. The van der Waals surface area contributed by atoms with E-state index in [1.807, 2.05) is 25.8 Å². The normalized spacial score (nSPS) is 19.1. The lowest BCUT2D eigenvalue weighted by molar-refractivity contribution is -0.143. The van der Waals surface area contributed by atoms with Crippen molar-refractivity contribution in [2.75, 3.05) is 26.7 Å². The predicted molar refractivity (Wildman–Crippen MR) is 67.0 cm³/mol. The van der Waals surface area contributed by atoms with Gasteiger partial charge in [-0.3, -0.25) is 4.79 Å². The Labute approximate surface area is 104 Å². The number of nitrogens with one attached hydrogen (secondary N) is 1. The summed E-state index contributed by atoms with van der Waals surface area (Å²) < 4.78 is 5.30. The maximum absolute atomic E-state index is 11.9. The lowest BCUT2D eigenvalue weighted by Crippen LogP contribution is -2.47. The maximum atomic E-state index is 11.9. The summed E-state index contributed by atoms with van der Waals surface area (Å²) in [5, 5.41) is 3.25. The zero-order chi connectivity index (χ0) is 11.3. The Balaban J connectivity index is 0.00000225. The third-order valence-electron chi connectivity index (χ3n) is 2.98. The molecule has 0 spiro atoms. The van der Waals surface area contributed by atoms with Crippen molar-refractivity contribution in [2.45, 2.75) is 38.8 Å². The Morgan fingerprint density at radius 1 is 1.50 bits per heavy atom. The first-order valence-corrected chi connectivity index (χ1v) is 5.76. The van der Waals surface area contributed by atoms with Gasteiger partial charge in [0, 0.05) is 25.7 Å². The minimum Gasteiger partial charge on any atom is -0.369 e. The first kappa shape index (κ1) is 15.7. The number of ether oxygens (including phenoxy) is 1. The van der Waals surface area contributed by atoms with Gasteiger partial charge in [0.05, 0.1) is 0 Å². The molecule has 1 rings (SSSR count). The van der Waals surface area contributed by atoms with Crippen molar-refractivity contribution < 1.29 is 9.53 Å². The van der Waals surface area contributed by atoms with Gasteiger partial charge in [0.25, 0.3) is 5.91 Å². The molecule has 1 saturated heterocycles. The highest BCUT2D eigenvalue weighted by Crippen LogP contribution is 2.11. The van der Waals surface area contributed by atoms with Crippen LogP contribution < -0.4 is 5.32 Å². The lowest BCUT2D eigenvalue weighted by atomic mass is 10.0. The van der Waals surface area contributed by atoms with Crippen LogP contribution in [0.1, 0.15) is 26.7 Å². The number of nitrogens with zero attached hydrogens (tertiary/aromatic N) is 1. The molecule has 1 fully saturated rings. The first-order valence-electron chi connectivity index (χ1n) is 5.76. The van der Waals surface area contributed by atoms with E-state index in [1.54, 1.807) is 0 Å². The molecule has 1 unspecified atom stereocenters. The van der Waals surface area contributed by atoms with Crippen molar-refractivity contribution >= 4 is 18.3 Å². The van der Waals surface area contributed by atoms with E-state index in [2.05, 4.69) is 5.32 Å². The molecule has 4 nitrogen and oxygen atoms in total. The van der Waals surface area contributed by atoms with Gasteiger partial charge in [-0.1, -0.05) is 0 Å². The average molecular weight is 251 g/mol. The predicted octanol–water partition coefficient (Wildman–Crippen LogP) is 1.04. The third-order valence-corrected chi connectivity index (χ3v) is 2.98. The number of rotatable bonds is 4. The molecule has 5 heteroatoms. The van der Waals surface area contributed by atoms with E-state index in [0.717, 1.165) is 25.9 Å². The molecule has 1 amide bonds. The third kappa shape index (κ3) is 4.28. The number of halogens is 1. The van der Waals surface area contributed by atoms with E-state index < -0.39 is 0 Å². The Kier molecular flexibility index (Phi) is 7.72. The van der Waals surface area contributed by atoms with Crippen molar-refractivity contribution in [3.05, 3.63) is 0 Å². The SMILES string of the molecule is CCOC(C)C(=O)N1CCC(NC)CC1.Cl. The van der Waals surface area contributed by atoms with Gasteiger partial charge in [0.2, 0.25) is 0 Å². The van der Waals surface area contributed by atoms with Crippen molar-refractivity contribution in [3.63, 3.8) is 0 Å². The van der Waals surface area contributed by atoms with Crippen molar-refractivity contribution in [1.82, 2.24) is 10.2 Å². The van der Waals surface area contributed by atoms with Crippen molar-refractivity contribution in [2.24, 2.45) is 0 Å². The second-order valence-corrected chi connectivity index (χ2v) is 3.99. The molecule has 1 aliphatic heterocycles. The monoisotopic (exact) mass is 250 g/mol. The Morgan fingerprint density at radius 2 is 2.06 bits per heavy atom. The molecule has 0 aromatic rings. The number of hydrogen-bond acceptors (Lipinski definition) is 3. The Bertz CT molecular complexity index is 206. The standard InChI is InChI=1S/C11H22N2O2.ClH/c1-4-15-9(2)11(14)13-7-5-10(12-3)6-8-13;/h9-10,12H,4-8H2,1-3H3;1H. The average Bonchev–Trinajstić information content (AvgIpc) is 2.28. The van der Waals surface area contributed by atoms with Crippen LogP contribution in [-0.2, 0) is 9.53 Å². The maximum Gasteiger partial charge on any atom is 0.251 e. The Morgan fingerprint density at radius 3 is 2.50 bits per heavy atom. The van der Waals surface area contributed by atoms with Crippen LogP contribution in [-0.4, -0.2) is 49.7 Å². The number of amides is 1. The molecule has 16 heavy (non-hydrogen) atoms. The van der Waals surface area contributed by atoms with Crippen LogP contribution in [0.2, 0.25) is 0 Å². The fourth-order valence-corrected chi connectivity index (χ4v) is 1.97. The van der Waals surface area contributed by atoms with Gasteiger partial charge < -0.3 is 15.0 Å². The minimum atomic E-state index is -0.291. The van der Waals surface area contributed by atoms with E-state index in [0.29, 0.717) is 12.6 Å². The molecular weight excluding hydrogens is 228 g/mol. The summed E-state index contributed by atoms with van der Waals surface area (Å²) in [6, 6.07) is 0.566. The summed E-state index contributed by atoms with van der Waals surface area (Å²) >= 11 is 0. The second-order valence-electron chi connectivity index (χ2n) is 3.99. The Hall–Kier alpha value is -0.320. The van der Waals surface area contributed by atoms with Crippen molar-refractivity contribution in [3.8, 4) is 0 Å².